The van der Waals surface area contributed by atoms with E-state index >= 15 is 0 Å². The van der Waals surface area contributed by atoms with Crippen LogP contribution in [-0.4, -0.2) is 47.7 Å². The van der Waals surface area contributed by atoms with Gasteiger partial charge in [0.25, 0.3) is 0 Å². The lowest BCUT2D eigenvalue weighted by molar-refractivity contribution is -0.131. The van der Waals surface area contributed by atoms with E-state index in [2.05, 4.69) is 10.6 Å². The molecule has 40 heavy (non-hydrogen) atoms. The topological polar surface area (TPSA) is 97.0 Å². The molecule has 0 saturated carbocycles. The molecule has 0 aliphatic rings. The predicted octanol–water partition coefficient (Wildman–Crippen LogP) is 6.37. The highest BCUT2D eigenvalue weighted by atomic mass is 32.1. The van der Waals surface area contributed by atoms with Gasteiger partial charge in [-0.05, 0) is 68.5 Å². The number of rotatable bonds is 14. The molecule has 2 N–H and O–H groups in total. The van der Waals surface area contributed by atoms with Crippen LogP contribution in [0.2, 0.25) is 0 Å². The molecular weight excluding hydrogens is 546 g/mol. The highest BCUT2D eigenvalue weighted by Crippen LogP contribution is 2.17. The molecule has 1 atom stereocenters. The van der Waals surface area contributed by atoms with Gasteiger partial charge in [-0.15, -0.1) is 22.7 Å². The number of amides is 3. The number of hydrogen-bond donors (Lipinski definition) is 2. The fourth-order valence-corrected chi connectivity index (χ4v) is 5.36. The van der Waals surface area contributed by atoms with Crippen LogP contribution in [0, 0.1) is 0 Å². The normalized spacial score (nSPS) is 11.9. The second-order valence-electron chi connectivity index (χ2n) is 10.4. The summed E-state index contributed by atoms with van der Waals surface area (Å²) in [7, 11) is 0. The number of ether oxygens (including phenoxy) is 2. The molecule has 3 rings (SSSR count). The molecule has 10 heteroatoms. The van der Waals surface area contributed by atoms with Crippen LogP contribution in [0.5, 0.6) is 0 Å². The van der Waals surface area contributed by atoms with E-state index in [0.29, 0.717) is 38.9 Å². The maximum absolute atomic E-state index is 13.3. The fourth-order valence-electron chi connectivity index (χ4n) is 3.95. The number of alkyl carbamates (subject to hydrolysis) is 2. The first-order chi connectivity index (χ1) is 19.2. The summed E-state index contributed by atoms with van der Waals surface area (Å²) < 4.78 is 10.8. The van der Waals surface area contributed by atoms with Gasteiger partial charge in [0.1, 0.15) is 12.2 Å². The Bertz CT molecular complexity index is 1160. The second kappa shape index (κ2) is 16.0. The number of carbonyl (C=O) groups excluding carboxylic acids is 3. The zero-order valence-corrected chi connectivity index (χ0v) is 25.0. The Labute approximate surface area is 244 Å². The van der Waals surface area contributed by atoms with Gasteiger partial charge >= 0.3 is 12.2 Å². The van der Waals surface area contributed by atoms with Gasteiger partial charge < -0.3 is 25.0 Å². The van der Waals surface area contributed by atoms with Crippen LogP contribution in [0.1, 0.15) is 55.4 Å². The molecule has 8 nitrogen and oxygen atoms in total. The van der Waals surface area contributed by atoms with Crippen LogP contribution < -0.4 is 10.6 Å². The molecule has 0 bridgehead atoms. The number of carbonyl (C=O) groups is 3. The molecule has 216 valence electrons. The van der Waals surface area contributed by atoms with Gasteiger partial charge in [0, 0.05) is 28.9 Å². The molecule has 0 saturated heterocycles. The largest absolute Gasteiger partial charge is 0.445 e. The Morgan fingerprint density at radius 1 is 0.900 bits per heavy atom. The van der Waals surface area contributed by atoms with Crippen LogP contribution in [0.3, 0.4) is 0 Å². The first kappa shape index (κ1) is 31.2. The van der Waals surface area contributed by atoms with Gasteiger partial charge in [0.2, 0.25) is 5.91 Å². The molecule has 0 aliphatic carbocycles. The third-order valence-corrected chi connectivity index (χ3v) is 7.55. The maximum Gasteiger partial charge on any atom is 0.407 e. The second-order valence-corrected chi connectivity index (χ2v) is 12.5. The minimum atomic E-state index is -0.635. The third kappa shape index (κ3) is 12.2. The van der Waals surface area contributed by atoms with Crippen LogP contribution in [0.15, 0.2) is 65.4 Å². The summed E-state index contributed by atoms with van der Waals surface area (Å²) in [6.45, 7) is 6.95. The highest BCUT2D eigenvalue weighted by molar-refractivity contribution is 7.10. The Morgan fingerprint density at radius 2 is 1.60 bits per heavy atom. The Kier molecular flexibility index (Phi) is 12.5. The molecule has 3 amide bonds. The molecule has 0 aliphatic heterocycles. The molecule has 0 unspecified atom stereocenters. The number of hydrogen-bond acceptors (Lipinski definition) is 7. The molecule has 0 fully saturated rings. The van der Waals surface area contributed by atoms with Crippen molar-refractivity contribution in [1.29, 1.82) is 0 Å². The van der Waals surface area contributed by atoms with Crippen LogP contribution in [0.4, 0.5) is 9.59 Å². The van der Waals surface area contributed by atoms with Crippen LogP contribution in [-0.2, 0) is 33.8 Å². The molecule has 0 radical (unpaired) electrons. The molecule has 3 aromatic rings. The Balaban J connectivity index is 1.55. The van der Waals surface area contributed by atoms with Crippen molar-refractivity contribution < 1.29 is 23.9 Å². The fraction of sp³-hybridized carbons (Fsp3) is 0.433. The van der Waals surface area contributed by atoms with Gasteiger partial charge in [-0.1, -0.05) is 42.5 Å². The van der Waals surface area contributed by atoms with E-state index in [1.165, 1.54) is 0 Å². The summed E-state index contributed by atoms with van der Waals surface area (Å²) in [6.07, 6.45) is 1.38. The quantitative estimate of drug-likeness (QED) is 0.214. The minimum absolute atomic E-state index is 0.00895. The number of unbranched alkanes of at least 4 members (excludes halogenated alkanes) is 1. The van der Waals surface area contributed by atoms with Gasteiger partial charge in [0.15, 0.2) is 0 Å². The maximum atomic E-state index is 13.3. The predicted molar refractivity (Wildman–Crippen MR) is 159 cm³/mol. The van der Waals surface area contributed by atoms with Crippen molar-refractivity contribution in [2.24, 2.45) is 0 Å². The van der Waals surface area contributed by atoms with E-state index in [0.717, 1.165) is 21.7 Å². The van der Waals surface area contributed by atoms with Gasteiger partial charge in [-0.25, -0.2) is 9.59 Å². The SMILES string of the molecule is CC(C)(C)OC(=O)N[C@@H](CCCCNC(=O)OCc1ccccc1)CN(Cc1cccs1)C(=O)Cc1cccs1. The minimum Gasteiger partial charge on any atom is -0.445 e. The third-order valence-electron chi connectivity index (χ3n) is 5.81. The van der Waals surface area contributed by atoms with E-state index in [9.17, 15) is 14.4 Å². The summed E-state index contributed by atoms with van der Waals surface area (Å²) >= 11 is 3.16. The van der Waals surface area contributed by atoms with Crippen molar-refractivity contribution >= 4 is 40.8 Å². The van der Waals surface area contributed by atoms with Crippen molar-refractivity contribution in [1.82, 2.24) is 15.5 Å². The summed E-state index contributed by atoms with van der Waals surface area (Å²) in [5.74, 6) is 0.00895. The zero-order valence-electron chi connectivity index (χ0n) is 23.4. The highest BCUT2D eigenvalue weighted by Gasteiger charge is 2.24. The Morgan fingerprint density at radius 3 is 2.25 bits per heavy atom. The van der Waals surface area contributed by atoms with E-state index < -0.39 is 17.8 Å². The summed E-state index contributed by atoms with van der Waals surface area (Å²) in [5.41, 5.74) is 0.291. The lowest BCUT2D eigenvalue weighted by Crippen LogP contribution is -2.47. The van der Waals surface area contributed by atoms with Gasteiger partial charge in [-0.3, -0.25) is 4.79 Å². The van der Waals surface area contributed by atoms with Crippen molar-refractivity contribution in [2.45, 2.75) is 71.2 Å². The van der Waals surface area contributed by atoms with Gasteiger partial charge in [0.05, 0.1) is 13.0 Å². The molecule has 2 aromatic heterocycles. The van der Waals surface area contributed by atoms with E-state index in [1.54, 1.807) is 22.7 Å². The summed E-state index contributed by atoms with van der Waals surface area (Å²) in [4.78, 5) is 41.9. The number of benzene rings is 1. The lowest BCUT2D eigenvalue weighted by Gasteiger charge is -2.29. The monoisotopic (exact) mass is 585 g/mol. The first-order valence-electron chi connectivity index (χ1n) is 13.4. The van der Waals surface area contributed by atoms with Crippen molar-refractivity contribution in [3.8, 4) is 0 Å². The van der Waals surface area contributed by atoms with Crippen LogP contribution >= 0.6 is 22.7 Å². The number of nitrogens with one attached hydrogen (secondary N) is 2. The smallest absolute Gasteiger partial charge is 0.407 e. The average Bonchev–Trinajstić information content (AvgIpc) is 3.61. The molecular formula is C30H39N3O5S2. The zero-order chi connectivity index (χ0) is 28.8. The lowest BCUT2D eigenvalue weighted by atomic mass is 10.1. The van der Waals surface area contributed by atoms with Crippen LogP contribution in [0.25, 0.3) is 0 Å². The van der Waals surface area contributed by atoms with E-state index in [4.69, 9.17) is 9.47 Å². The number of nitrogens with zero attached hydrogens (tertiary/aromatic N) is 1. The molecule has 2 heterocycles. The standard InChI is InChI=1S/C30H39N3O5S2/c1-30(2,3)38-29(36)32-24(13-7-8-16-31-28(35)37-22-23-11-5-4-6-12-23)20-33(21-26-15-10-18-40-26)27(34)19-25-14-9-17-39-25/h4-6,9-12,14-15,17-18,24H,7-8,13,16,19-22H2,1-3H3,(H,31,35)(H,32,36)/t24-/m0/s1. The van der Waals surface area contributed by atoms with Crippen molar-refractivity contribution in [3.63, 3.8) is 0 Å². The summed E-state index contributed by atoms with van der Waals surface area (Å²) in [6, 6.07) is 17.1. The average molecular weight is 586 g/mol. The first-order valence-corrected chi connectivity index (χ1v) is 15.2. The van der Waals surface area contributed by atoms with Gasteiger partial charge in [-0.2, -0.15) is 0 Å². The molecule has 1 aromatic carbocycles. The van der Waals surface area contributed by atoms with E-state index in [-0.39, 0.29) is 18.6 Å². The molecule has 0 spiro atoms. The summed E-state index contributed by atoms with van der Waals surface area (Å²) in [5, 5.41) is 9.71. The number of thiophene rings is 2. The van der Waals surface area contributed by atoms with E-state index in [1.807, 2.05) is 91.0 Å². The Hall–Kier alpha value is -3.37. The van der Waals surface area contributed by atoms with Crippen molar-refractivity contribution in [3.05, 3.63) is 80.7 Å². The van der Waals surface area contributed by atoms with Crippen molar-refractivity contribution in [2.75, 3.05) is 13.1 Å².